The first-order chi connectivity index (χ1) is 9.84. The summed E-state index contributed by atoms with van der Waals surface area (Å²) in [7, 11) is -3.31. The van der Waals surface area contributed by atoms with Crippen molar-refractivity contribution >= 4 is 21.6 Å². The summed E-state index contributed by atoms with van der Waals surface area (Å²) in [5.74, 6) is -0.180. The number of halogens is 2. The monoisotopic (exact) mass is 336 g/mol. The molecule has 0 bridgehead atoms. The van der Waals surface area contributed by atoms with Crippen LogP contribution >= 0.6 is 11.8 Å². The van der Waals surface area contributed by atoms with Crippen molar-refractivity contribution < 1.29 is 17.2 Å². The molecular formula is C13H18F2N2O2S2. The molecule has 1 aromatic carbocycles. The highest BCUT2D eigenvalue weighted by atomic mass is 32.2. The molecule has 118 valence electrons. The van der Waals surface area contributed by atoms with Gasteiger partial charge >= 0.3 is 0 Å². The van der Waals surface area contributed by atoms with Gasteiger partial charge < -0.3 is 5.73 Å². The van der Waals surface area contributed by atoms with Crippen LogP contribution in [0.1, 0.15) is 11.6 Å². The Labute approximate surface area is 127 Å². The Bertz CT molecular complexity index is 610. The molecule has 1 heterocycles. The van der Waals surface area contributed by atoms with Crippen LogP contribution in [0.15, 0.2) is 18.2 Å². The van der Waals surface area contributed by atoms with Crippen LogP contribution in [0.2, 0.25) is 0 Å². The molecule has 0 radical (unpaired) electrons. The van der Waals surface area contributed by atoms with Gasteiger partial charge in [0.1, 0.15) is 17.0 Å². The predicted molar refractivity (Wildman–Crippen MR) is 80.8 cm³/mol. The van der Waals surface area contributed by atoms with Crippen LogP contribution in [0.4, 0.5) is 8.78 Å². The van der Waals surface area contributed by atoms with Gasteiger partial charge in [-0.15, -0.1) is 0 Å². The third-order valence-corrected chi connectivity index (χ3v) is 6.22. The van der Waals surface area contributed by atoms with Gasteiger partial charge in [-0.05, 0) is 6.07 Å². The van der Waals surface area contributed by atoms with E-state index >= 15 is 0 Å². The zero-order valence-electron chi connectivity index (χ0n) is 11.6. The molecule has 4 nitrogen and oxygen atoms in total. The van der Waals surface area contributed by atoms with Crippen molar-refractivity contribution in [3.05, 3.63) is 35.4 Å². The first-order valence-electron chi connectivity index (χ1n) is 6.52. The van der Waals surface area contributed by atoms with Crippen molar-refractivity contribution in [2.45, 2.75) is 11.4 Å². The molecule has 1 aromatic rings. The molecule has 1 fully saturated rings. The quantitative estimate of drug-likeness (QED) is 0.900. The maximum Gasteiger partial charge on any atom is 0.164 e. The molecular weight excluding hydrogens is 318 g/mol. The molecule has 0 saturated carbocycles. The molecule has 2 N–H and O–H groups in total. The molecule has 2 unspecified atom stereocenters. The second kappa shape index (κ2) is 6.60. The van der Waals surface area contributed by atoms with E-state index in [9.17, 15) is 17.2 Å². The fourth-order valence-electron chi connectivity index (χ4n) is 2.53. The minimum Gasteiger partial charge on any atom is -0.329 e. The highest BCUT2D eigenvalue weighted by Gasteiger charge is 2.36. The average molecular weight is 336 g/mol. The molecule has 0 aliphatic carbocycles. The van der Waals surface area contributed by atoms with E-state index in [-0.39, 0.29) is 12.1 Å². The molecule has 21 heavy (non-hydrogen) atoms. The summed E-state index contributed by atoms with van der Waals surface area (Å²) >= 11 is 1.55. The van der Waals surface area contributed by atoms with E-state index in [4.69, 9.17) is 5.73 Å². The number of nitrogens with two attached hydrogens (primary N) is 1. The zero-order valence-corrected chi connectivity index (χ0v) is 13.3. The van der Waals surface area contributed by atoms with E-state index < -0.39 is 32.9 Å². The van der Waals surface area contributed by atoms with Crippen LogP contribution < -0.4 is 5.73 Å². The fourth-order valence-corrected chi connectivity index (χ4v) is 5.45. The average Bonchev–Trinajstić information content (AvgIpc) is 2.41. The van der Waals surface area contributed by atoms with Crippen LogP contribution in [-0.4, -0.2) is 49.5 Å². The topological polar surface area (TPSA) is 63.4 Å². The molecule has 1 aliphatic heterocycles. The Hall–Kier alpha value is -0.700. The Morgan fingerprint density at radius 1 is 1.48 bits per heavy atom. The molecule has 0 amide bonds. The van der Waals surface area contributed by atoms with Crippen LogP contribution in [0.3, 0.4) is 0 Å². The van der Waals surface area contributed by atoms with Crippen LogP contribution in [0, 0.1) is 11.6 Å². The van der Waals surface area contributed by atoms with Gasteiger partial charge in [-0.2, -0.15) is 11.8 Å². The Kier molecular flexibility index (Phi) is 5.24. The fraction of sp³-hybridized carbons (Fsp3) is 0.538. The van der Waals surface area contributed by atoms with Gasteiger partial charge in [-0.3, -0.25) is 4.90 Å². The normalized spacial score (nSPS) is 22.2. The second-order valence-electron chi connectivity index (χ2n) is 5.01. The molecule has 1 aliphatic rings. The largest absolute Gasteiger partial charge is 0.329 e. The molecule has 8 heteroatoms. The maximum absolute atomic E-state index is 14.0. The SMILES string of the molecule is CS(=O)(=O)C1CSCCN1C(CN)c1ccc(F)cc1F. The van der Waals surface area contributed by atoms with Crippen LogP contribution in [-0.2, 0) is 9.84 Å². The molecule has 2 atom stereocenters. The van der Waals surface area contributed by atoms with E-state index in [1.165, 1.54) is 12.3 Å². The molecule has 0 spiro atoms. The van der Waals surface area contributed by atoms with E-state index in [1.54, 1.807) is 16.7 Å². The van der Waals surface area contributed by atoms with Crippen molar-refractivity contribution in [2.24, 2.45) is 5.73 Å². The van der Waals surface area contributed by atoms with Crippen molar-refractivity contribution in [3.63, 3.8) is 0 Å². The van der Waals surface area contributed by atoms with Crippen LogP contribution in [0.5, 0.6) is 0 Å². The first kappa shape index (κ1) is 16.7. The predicted octanol–water partition coefficient (Wildman–Crippen LogP) is 1.38. The number of hydrogen-bond donors (Lipinski definition) is 1. The lowest BCUT2D eigenvalue weighted by molar-refractivity contribution is 0.194. The Morgan fingerprint density at radius 3 is 2.76 bits per heavy atom. The third-order valence-electron chi connectivity index (χ3n) is 3.56. The van der Waals surface area contributed by atoms with E-state index in [2.05, 4.69) is 0 Å². The molecule has 0 aromatic heterocycles. The smallest absolute Gasteiger partial charge is 0.164 e. The van der Waals surface area contributed by atoms with Gasteiger partial charge in [-0.1, -0.05) is 6.07 Å². The summed E-state index contributed by atoms with van der Waals surface area (Å²) < 4.78 is 50.9. The maximum atomic E-state index is 14.0. The number of benzene rings is 1. The minimum atomic E-state index is -3.31. The number of sulfone groups is 1. The van der Waals surface area contributed by atoms with Gasteiger partial charge in [0.25, 0.3) is 0 Å². The van der Waals surface area contributed by atoms with Crippen molar-refractivity contribution in [1.82, 2.24) is 4.90 Å². The number of hydrogen-bond acceptors (Lipinski definition) is 5. The summed E-state index contributed by atoms with van der Waals surface area (Å²) in [6, 6.07) is 2.72. The summed E-state index contributed by atoms with van der Waals surface area (Å²) in [5, 5.41) is -0.700. The summed E-state index contributed by atoms with van der Waals surface area (Å²) in [6.45, 7) is 0.570. The first-order valence-corrected chi connectivity index (χ1v) is 9.63. The molecule has 1 saturated heterocycles. The van der Waals surface area contributed by atoms with Crippen molar-refractivity contribution in [2.75, 3.05) is 30.9 Å². The lowest BCUT2D eigenvalue weighted by Gasteiger charge is -2.39. The highest BCUT2D eigenvalue weighted by molar-refractivity contribution is 8.00. The van der Waals surface area contributed by atoms with E-state index in [0.29, 0.717) is 12.3 Å². The lowest BCUT2D eigenvalue weighted by atomic mass is 10.0. The number of nitrogens with zero attached hydrogens (tertiary/aromatic N) is 1. The van der Waals surface area contributed by atoms with Gasteiger partial charge in [0.15, 0.2) is 9.84 Å². The Balaban J connectivity index is 2.38. The van der Waals surface area contributed by atoms with Gasteiger partial charge in [0.2, 0.25) is 0 Å². The van der Waals surface area contributed by atoms with Gasteiger partial charge in [0.05, 0.1) is 6.04 Å². The standard InChI is InChI=1S/C13H18F2N2O2S2/c1-21(18,19)13-8-20-5-4-17(13)12(7-16)10-3-2-9(14)6-11(10)15/h2-3,6,12-13H,4-5,7-8,16H2,1H3. The number of rotatable bonds is 4. The van der Waals surface area contributed by atoms with E-state index in [1.807, 2.05) is 0 Å². The van der Waals surface area contributed by atoms with E-state index in [0.717, 1.165) is 17.9 Å². The van der Waals surface area contributed by atoms with Crippen LogP contribution in [0.25, 0.3) is 0 Å². The summed E-state index contributed by atoms with van der Waals surface area (Å²) in [4.78, 5) is 1.71. The second-order valence-corrected chi connectivity index (χ2v) is 8.37. The third kappa shape index (κ3) is 3.74. The Morgan fingerprint density at radius 2 is 2.19 bits per heavy atom. The summed E-state index contributed by atoms with van der Waals surface area (Å²) in [5.41, 5.74) is 5.98. The highest BCUT2D eigenvalue weighted by Crippen LogP contribution is 2.31. The van der Waals surface area contributed by atoms with Crippen molar-refractivity contribution in [3.8, 4) is 0 Å². The number of thioether (sulfide) groups is 1. The van der Waals surface area contributed by atoms with Gasteiger partial charge in [0, 0.05) is 42.5 Å². The minimum absolute atomic E-state index is 0.0687. The lowest BCUT2D eigenvalue weighted by Crippen LogP contribution is -2.50. The zero-order chi connectivity index (χ0) is 15.6. The van der Waals surface area contributed by atoms with Gasteiger partial charge in [-0.25, -0.2) is 17.2 Å². The molecule has 2 rings (SSSR count). The van der Waals surface area contributed by atoms with Crippen molar-refractivity contribution in [1.29, 1.82) is 0 Å². The summed E-state index contributed by atoms with van der Waals surface area (Å²) in [6.07, 6.45) is 1.17.